The second-order valence-electron chi connectivity index (χ2n) is 6.63. The summed E-state index contributed by atoms with van der Waals surface area (Å²) < 4.78 is 5.99. The lowest BCUT2D eigenvalue weighted by Crippen LogP contribution is -2.33. The van der Waals surface area contributed by atoms with Crippen LogP contribution >= 0.6 is 24.0 Å². The van der Waals surface area contributed by atoms with Crippen LogP contribution in [0.4, 0.5) is 0 Å². The standard InChI is InChI=1S/C21H18N2O6S2/c22-16(20(27)28)9-12-1-5-14(6-2-12)29-15-7-3-13(4-8-15)10-17-19(26)23(11-18(24)25)21(30)31-17/h1-8,10,16H,9,11,22H2,(H,24,25)(H,27,28). The van der Waals surface area contributed by atoms with Crippen molar-refractivity contribution < 1.29 is 29.3 Å². The molecule has 1 aliphatic rings. The first-order valence-corrected chi connectivity index (χ1v) is 10.3. The molecule has 1 unspecified atom stereocenters. The molecule has 4 N–H and O–H groups in total. The quantitative estimate of drug-likeness (QED) is 0.404. The van der Waals surface area contributed by atoms with E-state index in [-0.39, 0.29) is 10.7 Å². The number of aliphatic carboxylic acids is 2. The Kier molecular flexibility index (Phi) is 7.06. The molecule has 0 radical (unpaired) electrons. The van der Waals surface area contributed by atoms with Gasteiger partial charge in [-0.3, -0.25) is 19.3 Å². The summed E-state index contributed by atoms with van der Waals surface area (Å²) in [5, 5.41) is 17.8. The maximum Gasteiger partial charge on any atom is 0.323 e. The highest BCUT2D eigenvalue weighted by Gasteiger charge is 2.33. The van der Waals surface area contributed by atoms with Crippen molar-refractivity contribution in [2.24, 2.45) is 5.73 Å². The van der Waals surface area contributed by atoms with E-state index in [0.717, 1.165) is 27.8 Å². The highest BCUT2D eigenvalue weighted by molar-refractivity contribution is 8.26. The molecule has 1 amide bonds. The number of benzene rings is 2. The minimum absolute atomic E-state index is 0.214. The molecule has 1 aliphatic heterocycles. The number of hydrogen-bond acceptors (Lipinski definition) is 7. The van der Waals surface area contributed by atoms with Gasteiger partial charge in [-0.15, -0.1) is 0 Å². The van der Waals surface area contributed by atoms with E-state index in [0.29, 0.717) is 16.4 Å². The second kappa shape index (κ2) is 9.73. The van der Waals surface area contributed by atoms with Crippen molar-refractivity contribution in [3.8, 4) is 11.5 Å². The molecule has 3 rings (SSSR count). The molecular weight excluding hydrogens is 440 g/mol. The Labute approximate surface area is 187 Å². The summed E-state index contributed by atoms with van der Waals surface area (Å²) in [5.74, 6) is -1.46. The van der Waals surface area contributed by atoms with E-state index >= 15 is 0 Å². The molecule has 160 valence electrons. The minimum atomic E-state index is -1.13. The van der Waals surface area contributed by atoms with Gasteiger partial charge >= 0.3 is 11.9 Å². The average Bonchev–Trinajstić information content (AvgIpc) is 2.98. The maximum atomic E-state index is 12.3. The van der Waals surface area contributed by atoms with Crippen LogP contribution in [0, 0.1) is 0 Å². The summed E-state index contributed by atoms with van der Waals surface area (Å²) >= 11 is 6.14. The lowest BCUT2D eigenvalue weighted by atomic mass is 10.1. The topological polar surface area (TPSA) is 130 Å². The Morgan fingerprint density at radius 3 is 2.23 bits per heavy atom. The van der Waals surface area contributed by atoms with E-state index < -0.39 is 30.4 Å². The van der Waals surface area contributed by atoms with Crippen molar-refractivity contribution in [2.45, 2.75) is 12.5 Å². The molecule has 2 aromatic carbocycles. The lowest BCUT2D eigenvalue weighted by Gasteiger charge is -2.10. The van der Waals surface area contributed by atoms with Gasteiger partial charge in [0, 0.05) is 0 Å². The van der Waals surface area contributed by atoms with Crippen LogP contribution < -0.4 is 10.5 Å². The first-order chi connectivity index (χ1) is 14.7. The highest BCUT2D eigenvalue weighted by Crippen LogP contribution is 2.32. The molecule has 1 fully saturated rings. The Morgan fingerprint density at radius 2 is 1.68 bits per heavy atom. The molecule has 0 spiro atoms. The number of nitrogens with zero attached hydrogens (tertiary/aromatic N) is 1. The van der Waals surface area contributed by atoms with E-state index in [1.54, 1.807) is 54.6 Å². The number of carboxylic acid groups (broad SMARTS) is 2. The smallest absolute Gasteiger partial charge is 0.323 e. The molecule has 8 nitrogen and oxygen atoms in total. The number of hydrogen-bond donors (Lipinski definition) is 3. The summed E-state index contributed by atoms with van der Waals surface area (Å²) in [5.41, 5.74) is 7.06. The molecule has 1 atom stereocenters. The van der Waals surface area contributed by atoms with Crippen LogP contribution in [0.1, 0.15) is 11.1 Å². The van der Waals surface area contributed by atoms with Crippen molar-refractivity contribution in [3.63, 3.8) is 0 Å². The normalized spacial score (nSPS) is 15.9. The van der Waals surface area contributed by atoms with E-state index in [2.05, 4.69) is 0 Å². The molecule has 0 aliphatic carbocycles. The molecule has 1 saturated heterocycles. The zero-order chi connectivity index (χ0) is 22.5. The fraction of sp³-hybridized carbons (Fsp3) is 0.143. The van der Waals surface area contributed by atoms with Gasteiger partial charge in [-0.2, -0.15) is 0 Å². The van der Waals surface area contributed by atoms with Gasteiger partial charge in [-0.1, -0.05) is 48.2 Å². The number of ether oxygens (including phenoxy) is 1. The molecule has 10 heteroatoms. The number of nitrogens with two attached hydrogens (primary N) is 1. The van der Waals surface area contributed by atoms with Crippen LogP contribution in [0.15, 0.2) is 53.4 Å². The van der Waals surface area contributed by atoms with Crippen molar-refractivity contribution >= 4 is 52.2 Å². The summed E-state index contributed by atoms with van der Waals surface area (Å²) in [6.07, 6.45) is 1.87. The zero-order valence-corrected chi connectivity index (χ0v) is 17.7. The van der Waals surface area contributed by atoms with E-state index in [1.807, 2.05) is 0 Å². The average molecular weight is 459 g/mol. The fourth-order valence-corrected chi connectivity index (χ4v) is 3.98. The van der Waals surface area contributed by atoms with Gasteiger partial charge in [0.25, 0.3) is 5.91 Å². The Morgan fingerprint density at radius 1 is 1.10 bits per heavy atom. The van der Waals surface area contributed by atoms with Crippen LogP contribution in [0.3, 0.4) is 0 Å². The Balaban J connectivity index is 1.64. The number of carbonyl (C=O) groups is 3. The number of thiocarbonyl (C=S) groups is 1. The first kappa shape index (κ1) is 22.5. The van der Waals surface area contributed by atoms with Gasteiger partial charge in [-0.05, 0) is 47.9 Å². The fourth-order valence-electron chi connectivity index (χ4n) is 2.73. The van der Waals surface area contributed by atoms with Gasteiger partial charge in [0.1, 0.15) is 28.4 Å². The molecule has 0 saturated carbocycles. The number of amides is 1. The Hall–Kier alpha value is -3.21. The monoisotopic (exact) mass is 458 g/mol. The number of rotatable bonds is 8. The number of carboxylic acids is 2. The number of thioether (sulfide) groups is 1. The lowest BCUT2D eigenvalue weighted by molar-refractivity contribution is -0.140. The van der Waals surface area contributed by atoms with Gasteiger partial charge in [0.2, 0.25) is 0 Å². The summed E-state index contributed by atoms with van der Waals surface area (Å²) in [6.45, 7) is -0.462. The van der Waals surface area contributed by atoms with Crippen molar-refractivity contribution in [1.82, 2.24) is 4.90 Å². The molecule has 0 bridgehead atoms. The first-order valence-electron chi connectivity index (χ1n) is 9.05. The van der Waals surface area contributed by atoms with Crippen molar-refractivity contribution in [2.75, 3.05) is 6.54 Å². The highest BCUT2D eigenvalue weighted by atomic mass is 32.2. The Bertz CT molecular complexity index is 1050. The van der Waals surface area contributed by atoms with Crippen LogP contribution in [0.5, 0.6) is 11.5 Å². The third-order valence-corrected chi connectivity index (χ3v) is 5.65. The minimum Gasteiger partial charge on any atom is -0.480 e. The molecule has 0 aromatic heterocycles. The van der Waals surface area contributed by atoms with Gasteiger partial charge in [0.15, 0.2) is 0 Å². The number of carbonyl (C=O) groups excluding carboxylic acids is 1. The summed E-state index contributed by atoms with van der Waals surface area (Å²) in [6, 6.07) is 13.0. The van der Waals surface area contributed by atoms with Crippen LogP contribution in [-0.4, -0.2) is 49.9 Å². The van der Waals surface area contributed by atoms with E-state index in [4.69, 9.17) is 32.9 Å². The SMILES string of the molecule is NC(Cc1ccc(Oc2ccc(C=C3SC(=S)N(CC(=O)O)C3=O)cc2)cc1)C(=O)O. The maximum absolute atomic E-state index is 12.3. The van der Waals surface area contributed by atoms with Crippen molar-refractivity contribution in [3.05, 3.63) is 64.6 Å². The predicted octanol–water partition coefficient (Wildman–Crippen LogP) is 2.72. The van der Waals surface area contributed by atoms with Crippen molar-refractivity contribution in [1.29, 1.82) is 0 Å². The van der Waals surface area contributed by atoms with Crippen LogP contribution in [0.2, 0.25) is 0 Å². The summed E-state index contributed by atoms with van der Waals surface area (Å²) in [4.78, 5) is 35.4. The van der Waals surface area contributed by atoms with Gasteiger partial charge in [0.05, 0.1) is 4.91 Å². The van der Waals surface area contributed by atoms with E-state index in [9.17, 15) is 14.4 Å². The molecule has 2 aromatic rings. The van der Waals surface area contributed by atoms with Gasteiger partial charge < -0.3 is 20.7 Å². The largest absolute Gasteiger partial charge is 0.480 e. The van der Waals surface area contributed by atoms with E-state index in [1.165, 1.54) is 0 Å². The summed E-state index contributed by atoms with van der Waals surface area (Å²) in [7, 11) is 0. The van der Waals surface area contributed by atoms with Gasteiger partial charge in [-0.25, -0.2) is 0 Å². The molecule has 31 heavy (non-hydrogen) atoms. The second-order valence-corrected chi connectivity index (χ2v) is 8.30. The third-order valence-electron chi connectivity index (χ3n) is 4.28. The third kappa shape index (κ3) is 5.91. The van der Waals surface area contributed by atoms with Crippen LogP contribution in [-0.2, 0) is 20.8 Å². The zero-order valence-electron chi connectivity index (χ0n) is 16.1. The predicted molar refractivity (Wildman–Crippen MR) is 120 cm³/mol. The molecular formula is C21H18N2O6S2. The molecule has 1 heterocycles. The van der Waals surface area contributed by atoms with Crippen LogP contribution in [0.25, 0.3) is 6.08 Å².